The number of hydrogen-bond acceptors (Lipinski definition) is 4. The summed E-state index contributed by atoms with van der Waals surface area (Å²) in [5, 5.41) is 21.4. The van der Waals surface area contributed by atoms with Gasteiger partial charge in [0.1, 0.15) is 11.9 Å². The summed E-state index contributed by atoms with van der Waals surface area (Å²) in [7, 11) is 0. The van der Waals surface area contributed by atoms with E-state index in [2.05, 4.69) is 10.2 Å². The van der Waals surface area contributed by atoms with E-state index in [4.69, 9.17) is 5.26 Å². The van der Waals surface area contributed by atoms with E-state index in [0.717, 1.165) is 44.5 Å². The highest BCUT2D eigenvalue weighted by atomic mass is 19.1. The number of hydrogen-bond donors (Lipinski definition) is 2. The van der Waals surface area contributed by atoms with Crippen molar-refractivity contribution >= 4 is 0 Å². The van der Waals surface area contributed by atoms with Crippen molar-refractivity contribution in [1.82, 2.24) is 10.2 Å². The van der Waals surface area contributed by atoms with Crippen LogP contribution in [0.25, 0.3) is 0 Å². The summed E-state index contributed by atoms with van der Waals surface area (Å²) in [5.41, 5.74) is 0.950. The van der Waals surface area contributed by atoms with Gasteiger partial charge in [0.2, 0.25) is 0 Å². The molecule has 1 saturated heterocycles. The van der Waals surface area contributed by atoms with Crippen molar-refractivity contribution < 1.29 is 9.50 Å². The summed E-state index contributed by atoms with van der Waals surface area (Å²) in [6.45, 7) is 5.27. The highest BCUT2D eigenvalue weighted by Crippen LogP contribution is 2.18. The number of unbranched alkanes of at least 4 members (excludes halogenated alkanes) is 1. The number of benzene rings is 1. The van der Waals surface area contributed by atoms with E-state index in [9.17, 15) is 9.50 Å². The molecule has 0 bridgehead atoms. The molecule has 2 atom stereocenters. The summed E-state index contributed by atoms with van der Waals surface area (Å²) in [5.74, 6) is -0.456. The van der Waals surface area contributed by atoms with Gasteiger partial charge in [0.05, 0.1) is 12.2 Å². The van der Waals surface area contributed by atoms with Gasteiger partial charge in [0.25, 0.3) is 0 Å². The van der Waals surface area contributed by atoms with E-state index in [1.165, 1.54) is 18.6 Å². The monoisotopic (exact) mass is 319 g/mol. The third kappa shape index (κ3) is 5.00. The van der Waals surface area contributed by atoms with E-state index in [0.29, 0.717) is 6.04 Å². The number of halogens is 1. The summed E-state index contributed by atoms with van der Waals surface area (Å²) in [6.07, 6.45) is 4.44. The second-order valence-corrected chi connectivity index (χ2v) is 6.25. The van der Waals surface area contributed by atoms with Crippen molar-refractivity contribution in [2.45, 2.75) is 44.7 Å². The van der Waals surface area contributed by atoms with Gasteiger partial charge in [-0.25, -0.2) is 4.39 Å². The molecule has 1 fully saturated rings. The Labute approximate surface area is 137 Å². The van der Waals surface area contributed by atoms with E-state index < -0.39 is 5.82 Å². The Hall–Kier alpha value is -1.48. The number of aliphatic hydroxyl groups is 1. The fourth-order valence-corrected chi connectivity index (χ4v) is 3.16. The first-order chi connectivity index (χ1) is 11.2. The maximum absolute atomic E-state index is 13.6. The third-order valence-corrected chi connectivity index (χ3v) is 4.65. The fourth-order valence-electron chi connectivity index (χ4n) is 3.16. The van der Waals surface area contributed by atoms with Crippen LogP contribution in [0.5, 0.6) is 0 Å². The summed E-state index contributed by atoms with van der Waals surface area (Å²) < 4.78 is 13.6. The average Bonchev–Trinajstić information content (AvgIpc) is 3.01. The van der Waals surface area contributed by atoms with Gasteiger partial charge < -0.3 is 10.4 Å². The van der Waals surface area contributed by atoms with Crippen molar-refractivity contribution in [2.24, 2.45) is 0 Å². The number of likely N-dealkylation sites (tertiary alicyclic amines) is 1. The first kappa shape index (κ1) is 17.9. The minimum Gasteiger partial charge on any atom is -0.395 e. The van der Waals surface area contributed by atoms with E-state index >= 15 is 0 Å². The molecule has 0 aromatic heterocycles. The first-order valence-electron chi connectivity index (χ1n) is 8.43. The molecular weight excluding hydrogens is 293 g/mol. The first-order valence-corrected chi connectivity index (χ1v) is 8.43. The molecule has 0 amide bonds. The molecule has 5 heteroatoms. The van der Waals surface area contributed by atoms with Crippen LogP contribution in [0, 0.1) is 17.1 Å². The predicted octanol–water partition coefficient (Wildman–Crippen LogP) is 2.58. The second kappa shape index (κ2) is 8.97. The van der Waals surface area contributed by atoms with Gasteiger partial charge in [-0.3, -0.25) is 4.90 Å². The van der Waals surface area contributed by atoms with Gasteiger partial charge in [-0.15, -0.1) is 0 Å². The van der Waals surface area contributed by atoms with Gasteiger partial charge in [0.15, 0.2) is 0 Å². The Bertz CT molecular complexity index is 544. The van der Waals surface area contributed by atoms with Gasteiger partial charge in [-0.1, -0.05) is 6.07 Å². The van der Waals surface area contributed by atoms with E-state index in [1.54, 1.807) is 6.07 Å². The lowest BCUT2D eigenvalue weighted by molar-refractivity contribution is 0.157. The number of aliphatic hydroxyl groups excluding tert-OH is 1. The van der Waals surface area contributed by atoms with Crippen molar-refractivity contribution in [3.8, 4) is 6.07 Å². The highest BCUT2D eigenvalue weighted by Gasteiger charge is 2.22. The van der Waals surface area contributed by atoms with Crippen molar-refractivity contribution in [3.63, 3.8) is 0 Å². The lowest BCUT2D eigenvalue weighted by Gasteiger charge is -2.22. The molecule has 1 aliphatic rings. The third-order valence-electron chi connectivity index (χ3n) is 4.65. The molecule has 0 spiro atoms. The smallest absolute Gasteiger partial charge is 0.141 e. The van der Waals surface area contributed by atoms with Gasteiger partial charge in [-0.05, 0) is 69.9 Å². The minimum absolute atomic E-state index is 0.0641. The number of rotatable bonds is 8. The average molecular weight is 319 g/mol. The minimum atomic E-state index is -0.456. The van der Waals surface area contributed by atoms with E-state index in [-0.39, 0.29) is 18.2 Å². The van der Waals surface area contributed by atoms with Crippen LogP contribution in [0.2, 0.25) is 0 Å². The quantitative estimate of drug-likeness (QED) is 0.723. The van der Waals surface area contributed by atoms with Gasteiger partial charge in [-0.2, -0.15) is 5.26 Å². The predicted molar refractivity (Wildman–Crippen MR) is 88.4 cm³/mol. The number of nitrogens with zero attached hydrogens (tertiary/aromatic N) is 2. The normalized spacial score (nSPS) is 19.7. The van der Waals surface area contributed by atoms with Crippen LogP contribution in [0.1, 0.15) is 49.8 Å². The second-order valence-electron chi connectivity index (χ2n) is 6.25. The molecule has 1 heterocycles. The van der Waals surface area contributed by atoms with Crippen LogP contribution >= 0.6 is 0 Å². The SMILES string of the molecule is CC(NCCCCN1CCCC1CO)c1ccc(C#N)c(F)c1. The van der Waals surface area contributed by atoms with Crippen LogP contribution in [-0.2, 0) is 0 Å². The van der Waals surface area contributed by atoms with E-state index in [1.807, 2.05) is 13.0 Å². The Morgan fingerprint density at radius 2 is 2.30 bits per heavy atom. The molecule has 1 aromatic rings. The maximum atomic E-state index is 13.6. The lowest BCUT2D eigenvalue weighted by Crippen LogP contribution is -2.33. The van der Waals surface area contributed by atoms with Crippen LogP contribution < -0.4 is 5.32 Å². The fraction of sp³-hybridized carbons (Fsp3) is 0.611. The zero-order valence-corrected chi connectivity index (χ0v) is 13.8. The molecule has 4 nitrogen and oxygen atoms in total. The Kier molecular flexibility index (Phi) is 6.97. The summed E-state index contributed by atoms with van der Waals surface area (Å²) in [4.78, 5) is 2.37. The van der Waals surface area contributed by atoms with Crippen molar-refractivity contribution in [3.05, 3.63) is 35.1 Å². The molecule has 2 unspecified atom stereocenters. The van der Waals surface area contributed by atoms with Crippen molar-refractivity contribution in [2.75, 3.05) is 26.2 Å². The molecule has 0 aliphatic carbocycles. The standard InChI is InChI=1S/C18H26FN3O/c1-14(15-6-7-16(12-20)18(19)11-15)21-8-2-3-9-22-10-4-5-17(22)13-23/h6-7,11,14,17,21,23H,2-5,8-10,13H2,1H3. The number of nitrogens with one attached hydrogen (secondary N) is 1. The Morgan fingerprint density at radius 3 is 3.00 bits per heavy atom. The van der Waals surface area contributed by atoms with Gasteiger partial charge >= 0.3 is 0 Å². The number of nitriles is 1. The Balaban J connectivity index is 1.68. The largest absolute Gasteiger partial charge is 0.395 e. The summed E-state index contributed by atoms with van der Waals surface area (Å²) >= 11 is 0. The molecule has 2 N–H and O–H groups in total. The molecule has 126 valence electrons. The highest BCUT2D eigenvalue weighted by molar-refractivity contribution is 5.34. The maximum Gasteiger partial charge on any atom is 0.141 e. The lowest BCUT2D eigenvalue weighted by atomic mass is 10.1. The molecular formula is C18H26FN3O. The van der Waals surface area contributed by atoms with Gasteiger partial charge in [0, 0.05) is 12.1 Å². The summed E-state index contributed by atoms with van der Waals surface area (Å²) in [6, 6.07) is 7.02. The van der Waals surface area contributed by atoms with Crippen LogP contribution in [0.15, 0.2) is 18.2 Å². The topological polar surface area (TPSA) is 59.3 Å². The Morgan fingerprint density at radius 1 is 1.48 bits per heavy atom. The molecule has 0 radical (unpaired) electrons. The van der Waals surface area contributed by atoms with Crippen LogP contribution in [-0.4, -0.2) is 42.3 Å². The molecule has 0 saturated carbocycles. The molecule has 2 rings (SSSR count). The van der Waals surface area contributed by atoms with Crippen LogP contribution in [0.4, 0.5) is 4.39 Å². The van der Waals surface area contributed by atoms with Crippen LogP contribution in [0.3, 0.4) is 0 Å². The molecule has 1 aromatic carbocycles. The molecule has 1 aliphatic heterocycles. The zero-order valence-electron chi connectivity index (χ0n) is 13.8. The zero-order chi connectivity index (χ0) is 16.7. The molecule has 23 heavy (non-hydrogen) atoms. The van der Waals surface area contributed by atoms with Crippen molar-refractivity contribution in [1.29, 1.82) is 5.26 Å².